The number of allylic oxidation sites excluding steroid dienone is 1. The average molecular weight is 427 g/mol. The summed E-state index contributed by atoms with van der Waals surface area (Å²) >= 11 is 1.26. The summed E-state index contributed by atoms with van der Waals surface area (Å²) in [5, 5.41) is 8.84. The lowest BCUT2D eigenvalue weighted by Gasteiger charge is -2.18. The number of nitrogens with zero attached hydrogens (tertiary/aromatic N) is 4. The highest BCUT2D eigenvalue weighted by Crippen LogP contribution is 2.26. The first-order valence-corrected chi connectivity index (χ1v) is 10.3. The smallest absolute Gasteiger partial charge is 0.233 e. The third-order valence-electron chi connectivity index (χ3n) is 4.49. The second-order valence-electron chi connectivity index (χ2n) is 6.54. The van der Waals surface area contributed by atoms with Crippen molar-refractivity contribution in [1.29, 1.82) is 0 Å². The van der Waals surface area contributed by atoms with Crippen LogP contribution in [0, 0.1) is 5.82 Å². The third kappa shape index (κ3) is 4.88. The molecule has 0 aliphatic heterocycles. The molecule has 1 aromatic heterocycles. The fraction of sp³-hybridized carbons (Fsp3) is 0.227. The number of carbonyl (C=O) groups excluding carboxylic acids is 1. The minimum Gasteiger partial charge on any atom is -0.496 e. The molecule has 0 saturated heterocycles. The summed E-state index contributed by atoms with van der Waals surface area (Å²) in [6, 6.07) is 14.0. The van der Waals surface area contributed by atoms with Crippen LogP contribution in [-0.4, -0.2) is 45.5 Å². The predicted octanol–water partition coefficient (Wildman–Crippen LogP) is 4.03. The number of para-hydroxylation sites is 1. The average Bonchev–Trinajstić information content (AvgIpc) is 3.15. The number of thioether (sulfide) groups is 1. The molecule has 156 valence electrons. The first-order valence-electron chi connectivity index (χ1n) is 9.32. The van der Waals surface area contributed by atoms with Gasteiger partial charge in [-0.2, -0.15) is 0 Å². The lowest BCUT2D eigenvalue weighted by atomic mass is 10.2. The normalized spacial score (nSPS) is 10.6. The molecule has 1 heterocycles. The van der Waals surface area contributed by atoms with E-state index >= 15 is 0 Å². The lowest BCUT2D eigenvalue weighted by Crippen LogP contribution is -2.28. The summed E-state index contributed by atoms with van der Waals surface area (Å²) in [6.07, 6.45) is 1.69. The van der Waals surface area contributed by atoms with Crippen LogP contribution >= 0.6 is 11.8 Å². The Labute approximate surface area is 179 Å². The molecule has 3 aromatic rings. The van der Waals surface area contributed by atoms with Crippen LogP contribution in [0.3, 0.4) is 0 Å². The Kier molecular flexibility index (Phi) is 7.24. The van der Waals surface area contributed by atoms with Crippen molar-refractivity contribution < 1.29 is 13.9 Å². The summed E-state index contributed by atoms with van der Waals surface area (Å²) < 4.78 is 21.3. The molecule has 0 aliphatic carbocycles. The maximum atomic E-state index is 14.2. The van der Waals surface area contributed by atoms with Crippen molar-refractivity contribution in [2.75, 3.05) is 19.9 Å². The van der Waals surface area contributed by atoms with E-state index in [4.69, 9.17) is 4.74 Å². The summed E-state index contributed by atoms with van der Waals surface area (Å²) in [5.74, 6) is 0.888. The number of hydrogen-bond donors (Lipinski definition) is 0. The van der Waals surface area contributed by atoms with E-state index < -0.39 is 0 Å². The summed E-state index contributed by atoms with van der Waals surface area (Å²) in [6.45, 7) is 4.59. The Bertz CT molecular complexity index is 1040. The zero-order chi connectivity index (χ0) is 21.5. The van der Waals surface area contributed by atoms with Crippen molar-refractivity contribution in [1.82, 2.24) is 19.7 Å². The highest BCUT2D eigenvalue weighted by molar-refractivity contribution is 7.99. The van der Waals surface area contributed by atoms with E-state index in [0.29, 0.717) is 29.6 Å². The van der Waals surface area contributed by atoms with E-state index in [2.05, 4.69) is 16.8 Å². The Morgan fingerprint density at radius 3 is 2.70 bits per heavy atom. The van der Waals surface area contributed by atoms with Gasteiger partial charge < -0.3 is 9.64 Å². The van der Waals surface area contributed by atoms with E-state index in [1.807, 2.05) is 24.3 Å². The monoisotopic (exact) mass is 426 g/mol. The maximum Gasteiger partial charge on any atom is 0.233 e. The summed E-state index contributed by atoms with van der Waals surface area (Å²) in [4.78, 5) is 14.3. The second kappa shape index (κ2) is 10.1. The molecule has 2 aromatic carbocycles. The fourth-order valence-electron chi connectivity index (χ4n) is 2.94. The van der Waals surface area contributed by atoms with Crippen molar-refractivity contribution >= 4 is 17.7 Å². The van der Waals surface area contributed by atoms with E-state index in [1.54, 1.807) is 47.9 Å². The molecule has 0 unspecified atom stereocenters. The fourth-order valence-corrected chi connectivity index (χ4v) is 3.83. The molecule has 0 aliphatic rings. The van der Waals surface area contributed by atoms with Crippen molar-refractivity contribution in [3.8, 4) is 17.1 Å². The largest absolute Gasteiger partial charge is 0.496 e. The Morgan fingerprint density at radius 1 is 1.23 bits per heavy atom. The highest BCUT2D eigenvalue weighted by Gasteiger charge is 2.18. The molecule has 0 spiro atoms. The summed E-state index contributed by atoms with van der Waals surface area (Å²) in [7, 11) is 3.35. The predicted molar refractivity (Wildman–Crippen MR) is 116 cm³/mol. The first-order chi connectivity index (χ1) is 14.5. The molecule has 0 bridgehead atoms. The van der Waals surface area contributed by atoms with Gasteiger partial charge >= 0.3 is 0 Å². The molecular weight excluding hydrogens is 403 g/mol. The van der Waals surface area contributed by atoms with Crippen LogP contribution < -0.4 is 4.74 Å². The van der Waals surface area contributed by atoms with Gasteiger partial charge in [0.25, 0.3) is 0 Å². The standard InChI is InChI=1S/C22H23FN4O2S/c1-4-13-27-21(17-10-6-7-11-18(17)23)24-25-22(27)30-15-20(28)26(2)14-16-9-5-8-12-19(16)29-3/h4-12H,1,13-15H2,2-3H3. The van der Waals surface area contributed by atoms with Gasteiger partial charge in [0, 0.05) is 25.7 Å². The maximum absolute atomic E-state index is 14.2. The minimum absolute atomic E-state index is 0.0634. The summed E-state index contributed by atoms with van der Waals surface area (Å²) in [5.41, 5.74) is 1.29. The number of carbonyl (C=O) groups is 1. The molecule has 0 saturated carbocycles. The molecule has 0 atom stereocenters. The van der Waals surface area contributed by atoms with Crippen LogP contribution in [0.1, 0.15) is 5.56 Å². The van der Waals surface area contributed by atoms with Gasteiger partial charge in [-0.15, -0.1) is 16.8 Å². The van der Waals surface area contributed by atoms with Crippen molar-refractivity contribution in [3.05, 3.63) is 72.6 Å². The molecule has 30 heavy (non-hydrogen) atoms. The first kappa shape index (κ1) is 21.6. The van der Waals surface area contributed by atoms with Crippen molar-refractivity contribution in [2.24, 2.45) is 0 Å². The zero-order valence-corrected chi connectivity index (χ0v) is 17.7. The molecular formula is C22H23FN4O2S. The van der Waals surface area contributed by atoms with Crippen LogP contribution in [0.5, 0.6) is 5.75 Å². The highest BCUT2D eigenvalue weighted by atomic mass is 32.2. The SMILES string of the molecule is C=CCn1c(SCC(=O)N(C)Cc2ccccc2OC)nnc1-c1ccccc1F. The van der Waals surface area contributed by atoms with Crippen LogP contribution in [0.2, 0.25) is 0 Å². The van der Waals surface area contributed by atoms with E-state index in [-0.39, 0.29) is 17.5 Å². The number of ether oxygens (including phenoxy) is 1. The van der Waals surface area contributed by atoms with Gasteiger partial charge in [-0.05, 0) is 18.2 Å². The number of halogens is 1. The molecule has 0 N–H and O–H groups in total. The zero-order valence-electron chi connectivity index (χ0n) is 16.9. The van der Waals surface area contributed by atoms with Gasteiger partial charge in [0.1, 0.15) is 11.6 Å². The topological polar surface area (TPSA) is 60.2 Å². The van der Waals surface area contributed by atoms with Gasteiger partial charge in [0.2, 0.25) is 5.91 Å². The van der Waals surface area contributed by atoms with Gasteiger partial charge in [-0.25, -0.2) is 4.39 Å². The van der Waals surface area contributed by atoms with Crippen LogP contribution in [0.15, 0.2) is 66.3 Å². The number of amides is 1. The number of aromatic nitrogens is 3. The van der Waals surface area contributed by atoms with Crippen LogP contribution in [-0.2, 0) is 17.9 Å². The Morgan fingerprint density at radius 2 is 1.97 bits per heavy atom. The van der Waals surface area contributed by atoms with Crippen molar-refractivity contribution in [3.63, 3.8) is 0 Å². The molecule has 8 heteroatoms. The van der Waals surface area contributed by atoms with Gasteiger partial charge in [0.05, 0.1) is 18.4 Å². The van der Waals surface area contributed by atoms with Crippen LogP contribution in [0.4, 0.5) is 4.39 Å². The van der Waals surface area contributed by atoms with Gasteiger partial charge in [-0.1, -0.05) is 48.2 Å². The van der Waals surface area contributed by atoms with Gasteiger partial charge in [-0.3, -0.25) is 9.36 Å². The van der Waals surface area contributed by atoms with E-state index in [0.717, 1.165) is 11.3 Å². The minimum atomic E-state index is -0.376. The number of benzene rings is 2. The quantitative estimate of drug-likeness (QED) is 0.382. The lowest BCUT2D eigenvalue weighted by molar-refractivity contribution is -0.127. The molecule has 0 radical (unpaired) electrons. The third-order valence-corrected chi connectivity index (χ3v) is 5.45. The van der Waals surface area contributed by atoms with Crippen molar-refractivity contribution in [2.45, 2.75) is 18.2 Å². The second-order valence-corrected chi connectivity index (χ2v) is 7.48. The Hall–Kier alpha value is -3.13. The van der Waals surface area contributed by atoms with E-state index in [1.165, 1.54) is 17.8 Å². The van der Waals surface area contributed by atoms with Crippen LogP contribution in [0.25, 0.3) is 11.4 Å². The Balaban J connectivity index is 1.71. The van der Waals surface area contributed by atoms with Gasteiger partial charge in [0.15, 0.2) is 11.0 Å². The number of hydrogen-bond acceptors (Lipinski definition) is 5. The number of rotatable bonds is 9. The molecule has 3 rings (SSSR count). The molecule has 0 fully saturated rings. The molecule has 1 amide bonds. The number of methoxy groups -OCH3 is 1. The van der Waals surface area contributed by atoms with E-state index in [9.17, 15) is 9.18 Å². The molecule has 6 nitrogen and oxygen atoms in total.